The zero-order valence-electron chi connectivity index (χ0n) is 9.46. The summed E-state index contributed by atoms with van der Waals surface area (Å²) in [5.41, 5.74) is 0.873. The van der Waals surface area contributed by atoms with Crippen LogP contribution < -0.4 is 0 Å². The minimum atomic E-state index is -0.620. The quantitative estimate of drug-likeness (QED) is 0.819. The van der Waals surface area contributed by atoms with E-state index in [0.717, 1.165) is 5.69 Å². The number of rotatable bonds is 4. The lowest BCUT2D eigenvalue weighted by molar-refractivity contribution is 0.168. The molecule has 0 aromatic carbocycles. The van der Waals surface area contributed by atoms with E-state index in [2.05, 4.69) is 28.9 Å². The predicted molar refractivity (Wildman–Crippen MR) is 59.9 cm³/mol. The number of hydrogen-bond donors (Lipinski definition) is 2. The summed E-state index contributed by atoms with van der Waals surface area (Å²) < 4.78 is 1.88. The predicted octanol–water partition coefficient (Wildman–Crippen LogP) is 1.46. The van der Waals surface area contributed by atoms with Crippen LogP contribution in [0.2, 0.25) is 0 Å². The Hall–Kier alpha value is -1.62. The van der Waals surface area contributed by atoms with Crippen LogP contribution in [-0.2, 0) is 6.42 Å². The second-order valence-electron chi connectivity index (χ2n) is 4.08. The first kappa shape index (κ1) is 10.9. The molecule has 2 aromatic rings. The molecule has 5 heteroatoms. The van der Waals surface area contributed by atoms with Gasteiger partial charge in [-0.1, -0.05) is 0 Å². The topological polar surface area (TPSA) is 66.7 Å². The lowest BCUT2D eigenvalue weighted by atomic mass is 10.2. The van der Waals surface area contributed by atoms with Crippen molar-refractivity contribution in [2.75, 3.05) is 0 Å². The van der Waals surface area contributed by atoms with Gasteiger partial charge in [-0.3, -0.25) is 4.68 Å². The van der Waals surface area contributed by atoms with E-state index in [1.807, 2.05) is 16.9 Å². The molecule has 0 amide bonds. The number of aromatic amines is 1. The molecule has 2 N–H and O–H groups in total. The van der Waals surface area contributed by atoms with Gasteiger partial charge in [0.25, 0.3) is 0 Å². The Morgan fingerprint density at radius 3 is 2.88 bits per heavy atom. The maximum atomic E-state index is 9.87. The fourth-order valence-electron chi connectivity index (χ4n) is 1.53. The van der Waals surface area contributed by atoms with Crippen molar-refractivity contribution in [1.29, 1.82) is 0 Å². The van der Waals surface area contributed by atoms with E-state index in [4.69, 9.17) is 0 Å². The van der Waals surface area contributed by atoms with Gasteiger partial charge in [0.15, 0.2) is 0 Å². The SMILES string of the molecule is CC(C)n1ccc(CC(O)c2ncc[nH]2)n1. The van der Waals surface area contributed by atoms with Gasteiger partial charge in [-0.15, -0.1) is 0 Å². The summed E-state index contributed by atoms with van der Waals surface area (Å²) in [6.45, 7) is 4.14. The summed E-state index contributed by atoms with van der Waals surface area (Å²) in [6.07, 6.45) is 5.11. The first-order chi connectivity index (χ1) is 7.66. The molecule has 2 heterocycles. The van der Waals surface area contributed by atoms with Gasteiger partial charge in [0.1, 0.15) is 11.9 Å². The van der Waals surface area contributed by atoms with Gasteiger partial charge in [-0.2, -0.15) is 5.10 Å². The third kappa shape index (κ3) is 2.30. The van der Waals surface area contributed by atoms with Gasteiger partial charge in [0.05, 0.1) is 5.69 Å². The maximum Gasteiger partial charge on any atom is 0.135 e. The third-order valence-electron chi connectivity index (χ3n) is 2.43. The molecule has 16 heavy (non-hydrogen) atoms. The van der Waals surface area contributed by atoms with Crippen LogP contribution in [0, 0.1) is 0 Å². The number of imidazole rings is 1. The average Bonchev–Trinajstić information content (AvgIpc) is 2.87. The van der Waals surface area contributed by atoms with Crippen molar-refractivity contribution in [1.82, 2.24) is 19.7 Å². The summed E-state index contributed by atoms with van der Waals surface area (Å²) in [5, 5.41) is 14.2. The van der Waals surface area contributed by atoms with E-state index < -0.39 is 6.10 Å². The summed E-state index contributed by atoms with van der Waals surface area (Å²) >= 11 is 0. The normalized spacial score (nSPS) is 13.2. The highest BCUT2D eigenvalue weighted by molar-refractivity contribution is 5.04. The number of aliphatic hydroxyl groups excluding tert-OH is 1. The molecular weight excluding hydrogens is 204 g/mol. The largest absolute Gasteiger partial charge is 0.385 e. The molecular formula is C11H16N4O. The maximum absolute atomic E-state index is 9.87. The fraction of sp³-hybridized carbons (Fsp3) is 0.455. The molecule has 0 aliphatic carbocycles. The number of hydrogen-bond acceptors (Lipinski definition) is 3. The van der Waals surface area contributed by atoms with E-state index >= 15 is 0 Å². The zero-order valence-corrected chi connectivity index (χ0v) is 9.46. The van der Waals surface area contributed by atoms with Crippen molar-refractivity contribution in [3.63, 3.8) is 0 Å². The Labute approximate surface area is 94.1 Å². The number of aliphatic hydroxyl groups is 1. The van der Waals surface area contributed by atoms with Crippen molar-refractivity contribution in [2.24, 2.45) is 0 Å². The first-order valence-corrected chi connectivity index (χ1v) is 5.38. The van der Waals surface area contributed by atoms with E-state index in [9.17, 15) is 5.11 Å². The van der Waals surface area contributed by atoms with Gasteiger partial charge in [0, 0.05) is 31.1 Å². The van der Waals surface area contributed by atoms with Crippen molar-refractivity contribution < 1.29 is 5.11 Å². The second-order valence-corrected chi connectivity index (χ2v) is 4.08. The number of aromatic nitrogens is 4. The summed E-state index contributed by atoms with van der Waals surface area (Å²) in [4.78, 5) is 6.91. The van der Waals surface area contributed by atoms with E-state index in [1.54, 1.807) is 12.4 Å². The monoisotopic (exact) mass is 220 g/mol. The van der Waals surface area contributed by atoms with E-state index in [1.165, 1.54) is 0 Å². The molecule has 0 spiro atoms. The number of nitrogens with one attached hydrogen (secondary N) is 1. The van der Waals surface area contributed by atoms with Crippen molar-refractivity contribution >= 4 is 0 Å². The highest BCUT2D eigenvalue weighted by Gasteiger charge is 2.12. The average molecular weight is 220 g/mol. The second kappa shape index (κ2) is 4.49. The van der Waals surface area contributed by atoms with Gasteiger partial charge in [-0.25, -0.2) is 4.98 Å². The molecule has 0 aliphatic heterocycles. The molecule has 0 radical (unpaired) electrons. The van der Waals surface area contributed by atoms with Gasteiger partial charge in [0.2, 0.25) is 0 Å². The number of H-pyrrole nitrogens is 1. The lowest BCUT2D eigenvalue weighted by Crippen LogP contribution is -2.06. The summed E-state index contributed by atoms with van der Waals surface area (Å²) in [5.74, 6) is 0.582. The summed E-state index contributed by atoms with van der Waals surface area (Å²) in [6, 6.07) is 2.26. The van der Waals surface area contributed by atoms with Crippen LogP contribution in [0.1, 0.15) is 37.5 Å². The van der Waals surface area contributed by atoms with Crippen molar-refractivity contribution in [3.05, 3.63) is 36.2 Å². The minimum Gasteiger partial charge on any atom is -0.385 e. The van der Waals surface area contributed by atoms with E-state index in [0.29, 0.717) is 18.3 Å². The minimum absolute atomic E-state index is 0.342. The number of nitrogens with zero attached hydrogens (tertiary/aromatic N) is 3. The highest BCUT2D eigenvalue weighted by atomic mass is 16.3. The fourth-order valence-corrected chi connectivity index (χ4v) is 1.53. The van der Waals surface area contributed by atoms with Crippen LogP contribution in [-0.4, -0.2) is 24.9 Å². The van der Waals surface area contributed by atoms with Crippen LogP contribution in [0.5, 0.6) is 0 Å². The Morgan fingerprint density at radius 1 is 1.50 bits per heavy atom. The molecule has 0 saturated carbocycles. The molecule has 0 saturated heterocycles. The molecule has 1 atom stereocenters. The molecule has 2 rings (SSSR count). The van der Waals surface area contributed by atoms with Gasteiger partial charge >= 0.3 is 0 Å². The Bertz CT molecular complexity index is 433. The smallest absolute Gasteiger partial charge is 0.135 e. The first-order valence-electron chi connectivity index (χ1n) is 5.38. The van der Waals surface area contributed by atoms with Crippen LogP contribution in [0.25, 0.3) is 0 Å². The zero-order chi connectivity index (χ0) is 11.5. The van der Waals surface area contributed by atoms with Crippen LogP contribution in [0.4, 0.5) is 0 Å². The standard InChI is InChI=1S/C11H16N4O/c1-8(2)15-6-3-9(14-15)7-10(16)11-12-4-5-13-11/h3-6,8,10,16H,7H2,1-2H3,(H,12,13). The molecule has 2 aromatic heterocycles. The molecule has 0 bridgehead atoms. The lowest BCUT2D eigenvalue weighted by Gasteiger charge is -2.06. The molecule has 86 valence electrons. The van der Waals surface area contributed by atoms with E-state index in [-0.39, 0.29) is 0 Å². The van der Waals surface area contributed by atoms with Gasteiger partial charge < -0.3 is 10.1 Å². The Kier molecular flexibility index (Phi) is 3.05. The molecule has 5 nitrogen and oxygen atoms in total. The van der Waals surface area contributed by atoms with Crippen LogP contribution in [0.15, 0.2) is 24.7 Å². The summed E-state index contributed by atoms with van der Waals surface area (Å²) in [7, 11) is 0. The third-order valence-corrected chi connectivity index (χ3v) is 2.43. The van der Waals surface area contributed by atoms with Crippen molar-refractivity contribution in [2.45, 2.75) is 32.4 Å². The van der Waals surface area contributed by atoms with Gasteiger partial charge in [-0.05, 0) is 19.9 Å². The van der Waals surface area contributed by atoms with Crippen LogP contribution >= 0.6 is 0 Å². The Morgan fingerprint density at radius 2 is 2.31 bits per heavy atom. The van der Waals surface area contributed by atoms with Crippen LogP contribution in [0.3, 0.4) is 0 Å². The molecule has 1 unspecified atom stereocenters. The molecule has 0 fully saturated rings. The molecule has 0 aliphatic rings. The van der Waals surface area contributed by atoms with Crippen molar-refractivity contribution in [3.8, 4) is 0 Å². The Balaban J connectivity index is 2.03. The highest BCUT2D eigenvalue weighted by Crippen LogP contribution is 2.14.